The number of anilines is 1. The van der Waals surface area contributed by atoms with E-state index in [9.17, 15) is 13.2 Å². The van der Waals surface area contributed by atoms with E-state index >= 15 is 0 Å². The number of carbonyl (C=O) groups excluding carboxylic acids is 1. The average Bonchev–Trinajstić information content (AvgIpc) is 2.88. The smallest absolute Gasteiger partial charge is 0.241 e. The predicted octanol–water partition coefficient (Wildman–Crippen LogP) is 2.71. The molecule has 9 nitrogen and oxygen atoms in total. The first-order valence-electron chi connectivity index (χ1n) is 12.3. The molecule has 1 amide bonds. The van der Waals surface area contributed by atoms with Crippen molar-refractivity contribution >= 4 is 44.0 Å². The Labute approximate surface area is 218 Å². The maximum atomic E-state index is 13.7. The third-order valence-electron chi connectivity index (χ3n) is 6.53. The van der Waals surface area contributed by atoms with Gasteiger partial charge in [0.25, 0.3) is 0 Å². The Morgan fingerprint density at radius 3 is 2.27 bits per heavy atom. The van der Waals surface area contributed by atoms with E-state index in [2.05, 4.69) is 9.71 Å². The number of nitrogens with two attached hydrogens (primary N) is 2. The number of guanidine groups is 1. The first-order valence-corrected chi connectivity index (χ1v) is 13.8. The zero-order chi connectivity index (χ0) is 26.6. The summed E-state index contributed by atoms with van der Waals surface area (Å²) in [7, 11) is -0.194. The van der Waals surface area contributed by atoms with Crippen LogP contribution in [0, 0.1) is 0 Å². The molecule has 0 aliphatic carbocycles. The molecule has 0 spiro atoms. The highest BCUT2D eigenvalue weighted by atomic mass is 32.2. The third-order valence-corrected chi connectivity index (χ3v) is 8.06. The Hall–Kier alpha value is -3.63. The molecule has 10 heteroatoms. The van der Waals surface area contributed by atoms with E-state index in [-0.39, 0.29) is 23.2 Å². The quantitative estimate of drug-likeness (QED) is 0.308. The van der Waals surface area contributed by atoms with Crippen LogP contribution in [0.3, 0.4) is 0 Å². The van der Waals surface area contributed by atoms with Crippen molar-refractivity contribution in [2.24, 2.45) is 16.5 Å². The lowest BCUT2D eigenvalue weighted by Crippen LogP contribution is -2.50. The Balaban J connectivity index is 1.68. The maximum absolute atomic E-state index is 13.7. The molecule has 1 heterocycles. The van der Waals surface area contributed by atoms with E-state index in [0.717, 1.165) is 35.9 Å². The van der Waals surface area contributed by atoms with Gasteiger partial charge in [-0.25, -0.2) is 13.4 Å². The molecule has 4 rings (SSSR count). The van der Waals surface area contributed by atoms with Crippen molar-refractivity contribution in [3.63, 3.8) is 0 Å². The summed E-state index contributed by atoms with van der Waals surface area (Å²) in [6, 6.07) is 16.9. The number of carbonyl (C=O) groups is 1. The van der Waals surface area contributed by atoms with E-state index in [0.29, 0.717) is 24.2 Å². The number of nitrogens with one attached hydrogen (secondary N) is 1. The Kier molecular flexibility index (Phi) is 7.99. The number of aliphatic imine (C=N–C) groups is 1. The number of sulfonamides is 1. The van der Waals surface area contributed by atoms with Crippen molar-refractivity contribution in [1.29, 1.82) is 0 Å². The molecule has 196 valence electrons. The van der Waals surface area contributed by atoms with Crippen LogP contribution < -0.4 is 21.1 Å². The lowest BCUT2D eigenvalue weighted by Gasteiger charge is -2.31. The highest BCUT2D eigenvalue weighted by Gasteiger charge is 2.31. The van der Waals surface area contributed by atoms with Gasteiger partial charge >= 0.3 is 0 Å². The average molecular weight is 523 g/mol. The van der Waals surface area contributed by atoms with Gasteiger partial charge in [0.05, 0.1) is 10.6 Å². The standard InChI is InChI=1S/C27H34N6O3S/c1-32(2)24-10-6-9-22-21(24)8-7-11-25(22)37(35,36)31-23(26(34)33-16-4-3-5-17-33)18-19-12-14-20(15-13-19)30-27(28)29/h6-15,23,31H,3-5,16-18H2,1-2H3,(H4,28,29,30). The molecule has 1 aliphatic rings. The number of amides is 1. The first kappa shape index (κ1) is 26.4. The Morgan fingerprint density at radius 1 is 0.973 bits per heavy atom. The van der Waals surface area contributed by atoms with Gasteiger partial charge in [0.1, 0.15) is 6.04 Å². The monoisotopic (exact) mass is 522 g/mol. The minimum atomic E-state index is -4.03. The van der Waals surface area contributed by atoms with Crippen LogP contribution in [0.2, 0.25) is 0 Å². The molecule has 5 N–H and O–H groups in total. The normalized spacial score (nSPS) is 14.8. The molecule has 3 aromatic carbocycles. The number of hydrogen-bond donors (Lipinski definition) is 3. The van der Waals surface area contributed by atoms with Gasteiger partial charge in [-0.1, -0.05) is 36.4 Å². The highest BCUT2D eigenvalue weighted by molar-refractivity contribution is 7.89. The van der Waals surface area contributed by atoms with Gasteiger partial charge < -0.3 is 21.3 Å². The summed E-state index contributed by atoms with van der Waals surface area (Å²) < 4.78 is 30.2. The highest BCUT2D eigenvalue weighted by Crippen LogP contribution is 2.30. The third kappa shape index (κ3) is 6.20. The molecule has 1 atom stereocenters. The summed E-state index contributed by atoms with van der Waals surface area (Å²) in [6.07, 6.45) is 3.09. The molecule has 0 bridgehead atoms. The molecule has 1 saturated heterocycles. The van der Waals surface area contributed by atoms with Crippen molar-refractivity contribution in [1.82, 2.24) is 9.62 Å². The van der Waals surface area contributed by atoms with Gasteiger partial charge in [0, 0.05) is 43.6 Å². The second-order valence-electron chi connectivity index (χ2n) is 9.49. The zero-order valence-corrected chi connectivity index (χ0v) is 22.0. The molecular weight excluding hydrogens is 488 g/mol. The number of fused-ring (bicyclic) bond motifs is 1. The molecule has 3 aromatic rings. The molecule has 0 radical (unpaired) electrons. The van der Waals surface area contributed by atoms with Gasteiger partial charge in [0.2, 0.25) is 15.9 Å². The topological polar surface area (TPSA) is 134 Å². The summed E-state index contributed by atoms with van der Waals surface area (Å²) >= 11 is 0. The molecular formula is C27H34N6O3S. The fourth-order valence-corrected chi connectivity index (χ4v) is 6.16. The van der Waals surface area contributed by atoms with E-state index < -0.39 is 16.1 Å². The Morgan fingerprint density at radius 2 is 1.62 bits per heavy atom. The number of rotatable bonds is 8. The summed E-state index contributed by atoms with van der Waals surface area (Å²) in [5.41, 5.74) is 13.2. The number of benzene rings is 3. The van der Waals surface area contributed by atoms with Gasteiger partial charge in [-0.05, 0) is 55.5 Å². The van der Waals surface area contributed by atoms with Crippen LogP contribution in [0.1, 0.15) is 24.8 Å². The van der Waals surface area contributed by atoms with Gasteiger partial charge in [-0.3, -0.25) is 4.79 Å². The maximum Gasteiger partial charge on any atom is 0.241 e. The predicted molar refractivity (Wildman–Crippen MR) is 148 cm³/mol. The minimum Gasteiger partial charge on any atom is -0.377 e. The van der Waals surface area contributed by atoms with Crippen LogP contribution in [0.15, 0.2) is 70.6 Å². The van der Waals surface area contributed by atoms with Gasteiger partial charge in [-0.2, -0.15) is 4.72 Å². The summed E-state index contributed by atoms with van der Waals surface area (Å²) in [5, 5.41) is 1.43. The van der Waals surface area contributed by atoms with Crippen LogP contribution in [0.5, 0.6) is 0 Å². The van der Waals surface area contributed by atoms with Crippen molar-refractivity contribution in [2.75, 3.05) is 32.1 Å². The summed E-state index contributed by atoms with van der Waals surface area (Å²) in [5.74, 6) is -0.267. The van der Waals surface area contributed by atoms with Crippen molar-refractivity contribution < 1.29 is 13.2 Å². The first-order chi connectivity index (χ1) is 17.7. The van der Waals surface area contributed by atoms with Crippen LogP contribution in [0.4, 0.5) is 11.4 Å². The van der Waals surface area contributed by atoms with Crippen LogP contribution >= 0.6 is 0 Å². The van der Waals surface area contributed by atoms with Gasteiger partial charge in [-0.15, -0.1) is 0 Å². The molecule has 1 unspecified atom stereocenters. The van der Waals surface area contributed by atoms with Crippen LogP contribution in [0.25, 0.3) is 10.8 Å². The number of likely N-dealkylation sites (tertiary alicyclic amines) is 1. The lowest BCUT2D eigenvalue weighted by molar-refractivity contribution is -0.133. The SMILES string of the molecule is CN(C)c1cccc2c(S(=O)(=O)NC(Cc3ccc(N=C(N)N)cc3)C(=O)N3CCCCC3)cccc12. The molecule has 37 heavy (non-hydrogen) atoms. The van der Waals surface area contributed by atoms with E-state index in [4.69, 9.17) is 11.5 Å². The zero-order valence-electron chi connectivity index (χ0n) is 21.2. The van der Waals surface area contributed by atoms with Crippen LogP contribution in [-0.4, -0.2) is 58.4 Å². The fourth-order valence-electron chi connectivity index (χ4n) is 4.75. The minimum absolute atomic E-state index is 0.0498. The summed E-state index contributed by atoms with van der Waals surface area (Å²) in [6.45, 7) is 1.25. The lowest BCUT2D eigenvalue weighted by atomic mass is 10.0. The van der Waals surface area contributed by atoms with Crippen LogP contribution in [-0.2, 0) is 21.2 Å². The second-order valence-corrected chi connectivity index (χ2v) is 11.2. The molecule has 1 aliphatic heterocycles. The number of piperidine rings is 1. The largest absolute Gasteiger partial charge is 0.377 e. The van der Waals surface area contributed by atoms with Crippen molar-refractivity contribution in [3.05, 3.63) is 66.2 Å². The molecule has 0 aromatic heterocycles. The van der Waals surface area contributed by atoms with Crippen molar-refractivity contribution in [2.45, 2.75) is 36.6 Å². The Bertz CT molecular complexity index is 1390. The molecule has 0 saturated carbocycles. The second kappa shape index (κ2) is 11.2. The van der Waals surface area contributed by atoms with E-state index in [1.807, 2.05) is 37.2 Å². The van der Waals surface area contributed by atoms with Crippen molar-refractivity contribution in [3.8, 4) is 0 Å². The molecule has 1 fully saturated rings. The number of nitrogens with zero attached hydrogens (tertiary/aromatic N) is 3. The fraction of sp³-hybridized carbons (Fsp3) is 0.333. The summed E-state index contributed by atoms with van der Waals surface area (Å²) in [4.78, 5) is 21.4. The number of hydrogen-bond acceptors (Lipinski definition) is 5. The van der Waals surface area contributed by atoms with E-state index in [1.54, 1.807) is 47.4 Å². The van der Waals surface area contributed by atoms with E-state index in [1.165, 1.54) is 0 Å². The van der Waals surface area contributed by atoms with Gasteiger partial charge in [0.15, 0.2) is 5.96 Å².